The standard InChI is InChI=1S/C18H36/c1-5-7-9-10-12-14-17-16(4)18(17)15(3)13-11-8-6-2/h15-18H,5-14H2,1-4H3. The van der Waals surface area contributed by atoms with Crippen LogP contribution in [-0.4, -0.2) is 0 Å². The third kappa shape index (κ3) is 5.33. The minimum atomic E-state index is 0.993. The molecule has 0 aromatic rings. The summed E-state index contributed by atoms with van der Waals surface area (Å²) in [6.07, 6.45) is 14.5. The predicted molar refractivity (Wildman–Crippen MR) is 82.8 cm³/mol. The third-order valence-electron chi connectivity index (χ3n) is 5.20. The average Bonchev–Trinajstić information content (AvgIpc) is 3.00. The van der Waals surface area contributed by atoms with Gasteiger partial charge in [0.05, 0.1) is 0 Å². The van der Waals surface area contributed by atoms with Gasteiger partial charge in [-0.3, -0.25) is 0 Å². The highest BCUT2D eigenvalue weighted by Gasteiger charge is 2.47. The van der Waals surface area contributed by atoms with Crippen molar-refractivity contribution in [2.75, 3.05) is 0 Å². The molecule has 0 amide bonds. The summed E-state index contributed by atoms with van der Waals surface area (Å²) in [5, 5.41) is 0. The maximum Gasteiger partial charge on any atom is -0.0329 e. The van der Waals surface area contributed by atoms with Crippen LogP contribution in [0.4, 0.5) is 0 Å². The summed E-state index contributed by atoms with van der Waals surface area (Å²) >= 11 is 0. The van der Waals surface area contributed by atoms with E-state index in [1.807, 2.05) is 0 Å². The van der Waals surface area contributed by atoms with E-state index >= 15 is 0 Å². The van der Waals surface area contributed by atoms with Crippen molar-refractivity contribution in [1.82, 2.24) is 0 Å². The lowest BCUT2D eigenvalue weighted by molar-refractivity contribution is 0.405. The van der Waals surface area contributed by atoms with Crippen molar-refractivity contribution in [2.45, 2.75) is 91.9 Å². The van der Waals surface area contributed by atoms with E-state index in [1.54, 1.807) is 0 Å². The van der Waals surface area contributed by atoms with Crippen LogP contribution in [0.2, 0.25) is 0 Å². The molecule has 0 saturated heterocycles. The molecule has 0 N–H and O–H groups in total. The Kier molecular flexibility index (Phi) is 8.02. The molecule has 0 heteroatoms. The molecule has 1 aliphatic carbocycles. The largest absolute Gasteiger partial charge is 0.0654 e. The monoisotopic (exact) mass is 252 g/mol. The van der Waals surface area contributed by atoms with Crippen molar-refractivity contribution in [3.63, 3.8) is 0 Å². The van der Waals surface area contributed by atoms with Gasteiger partial charge >= 0.3 is 0 Å². The summed E-state index contributed by atoms with van der Waals surface area (Å²) in [4.78, 5) is 0. The van der Waals surface area contributed by atoms with Crippen LogP contribution in [0.3, 0.4) is 0 Å². The highest BCUT2D eigenvalue weighted by atomic mass is 14.5. The number of unbranched alkanes of at least 4 members (excludes halogenated alkanes) is 6. The van der Waals surface area contributed by atoms with Crippen molar-refractivity contribution >= 4 is 0 Å². The van der Waals surface area contributed by atoms with E-state index in [0.717, 1.165) is 23.7 Å². The molecule has 1 fully saturated rings. The van der Waals surface area contributed by atoms with Gasteiger partial charge in [0, 0.05) is 0 Å². The van der Waals surface area contributed by atoms with Crippen LogP contribution in [-0.2, 0) is 0 Å². The first kappa shape index (κ1) is 16.1. The number of rotatable bonds is 11. The molecule has 4 atom stereocenters. The molecule has 1 saturated carbocycles. The average molecular weight is 252 g/mol. The SMILES string of the molecule is CCCCCCCC1C(C)C1C(C)CCCCC. The number of hydrogen-bond acceptors (Lipinski definition) is 0. The zero-order valence-corrected chi connectivity index (χ0v) is 13.4. The minimum Gasteiger partial charge on any atom is -0.0654 e. The first-order valence-corrected chi connectivity index (χ1v) is 8.72. The van der Waals surface area contributed by atoms with E-state index in [9.17, 15) is 0 Å². The zero-order valence-electron chi connectivity index (χ0n) is 13.4. The Morgan fingerprint density at radius 3 is 2.11 bits per heavy atom. The second-order valence-electron chi connectivity index (χ2n) is 6.78. The van der Waals surface area contributed by atoms with Gasteiger partial charge in [-0.1, -0.05) is 85.5 Å². The van der Waals surface area contributed by atoms with Crippen LogP contribution in [0.15, 0.2) is 0 Å². The van der Waals surface area contributed by atoms with Gasteiger partial charge in [0.2, 0.25) is 0 Å². The van der Waals surface area contributed by atoms with Gasteiger partial charge in [-0.25, -0.2) is 0 Å². The normalized spacial score (nSPS) is 28.3. The van der Waals surface area contributed by atoms with Crippen molar-refractivity contribution in [3.05, 3.63) is 0 Å². The van der Waals surface area contributed by atoms with Gasteiger partial charge in [-0.2, -0.15) is 0 Å². The Morgan fingerprint density at radius 1 is 0.833 bits per heavy atom. The van der Waals surface area contributed by atoms with Gasteiger partial charge in [0.25, 0.3) is 0 Å². The van der Waals surface area contributed by atoms with E-state index in [0.29, 0.717) is 0 Å². The smallest absolute Gasteiger partial charge is 0.0329 e. The summed E-state index contributed by atoms with van der Waals surface area (Å²) in [6.45, 7) is 9.62. The van der Waals surface area contributed by atoms with E-state index in [-0.39, 0.29) is 0 Å². The molecule has 4 unspecified atom stereocenters. The Bertz CT molecular complexity index is 196. The molecule has 0 heterocycles. The fourth-order valence-corrected chi connectivity index (χ4v) is 3.87. The topological polar surface area (TPSA) is 0 Å². The fourth-order valence-electron chi connectivity index (χ4n) is 3.87. The van der Waals surface area contributed by atoms with Crippen LogP contribution in [0.1, 0.15) is 91.9 Å². The lowest BCUT2D eigenvalue weighted by atomic mass is 9.95. The molecule has 0 nitrogen and oxygen atoms in total. The predicted octanol–water partition coefficient (Wildman–Crippen LogP) is 6.45. The van der Waals surface area contributed by atoms with Gasteiger partial charge in [-0.05, 0) is 30.1 Å². The lowest BCUT2D eigenvalue weighted by Crippen LogP contribution is -2.00. The third-order valence-corrected chi connectivity index (χ3v) is 5.20. The lowest BCUT2D eigenvalue weighted by Gasteiger charge is -2.10. The van der Waals surface area contributed by atoms with Gasteiger partial charge in [-0.15, -0.1) is 0 Å². The molecule has 0 radical (unpaired) electrons. The molecule has 0 bridgehead atoms. The fraction of sp³-hybridized carbons (Fsp3) is 1.00. The quantitative estimate of drug-likeness (QED) is 0.371. The molecule has 0 aromatic carbocycles. The van der Waals surface area contributed by atoms with Gasteiger partial charge in [0.15, 0.2) is 0 Å². The van der Waals surface area contributed by atoms with Crippen molar-refractivity contribution in [2.24, 2.45) is 23.7 Å². The Balaban J connectivity index is 2.06. The van der Waals surface area contributed by atoms with Crippen molar-refractivity contribution in [3.8, 4) is 0 Å². The Hall–Kier alpha value is 0. The summed E-state index contributed by atoms with van der Waals surface area (Å²) < 4.78 is 0. The van der Waals surface area contributed by atoms with E-state index < -0.39 is 0 Å². The maximum absolute atomic E-state index is 2.51. The van der Waals surface area contributed by atoms with Crippen LogP contribution >= 0.6 is 0 Å². The summed E-state index contributed by atoms with van der Waals surface area (Å²) in [6, 6.07) is 0. The number of hydrogen-bond donors (Lipinski definition) is 0. The van der Waals surface area contributed by atoms with E-state index in [4.69, 9.17) is 0 Å². The van der Waals surface area contributed by atoms with Crippen LogP contribution in [0.25, 0.3) is 0 Å². The van der Waals surface area contributed by atoms with Crippen LogP contribution in [0, 0.1) is 23.7 Å². The second kappa shape index (κ2) is 8.99. The molecule has 18 heavy (non-hydrogen) atoms. The highest BCUT2D eigenvalue weighted by molar-refractivity contribution is 4.96. The highest BCUT2D eigenvalue weighted by Crippen LogP contribution is 2.54. The maximum atomic E-state index is 2.51. The molecular formula is C18H36. The van der Waals surface area contributed by atoms with Gasteiger partial charge in [0.1, 0.15) is 0 Å². The van der Waals surface area contributed by atoms with Crippen molar-refractivity contribution < 1.29 is 0 Å². The first-order chi connectivity index (χ1) is 8.72. The second-order valence-corrected chi connectivity index (χ2v) is 6.78. The summed E-state index contributed by atoms with van der Waals surface area (Å²) in [5.74, 6) is 4.19. The first-order valence-electron chi connectivity index (χ1n) is 8.72. The summed E-state index contributed by atoms with van der Waals surface area (Å²) in [7, 11) is 0. The molecule has 0 aliphatic heterocycles. The minimum absolute atomic E-state index is 0.993. The van der Waals surface area contributed by atoms with Gasteiger partial charge < -0.3 is 0 Å². The van der Waals surface area contributed by atoms with Crippen LogP contribution < -0.4 is 0 Å². The summed E-state index contributed by atoms with van der Waals surface area (Å²) in [5.41, 5.74) is 0. The molecule has 1 rings (SSSR count). The molecule has 0 aromatic heterocycles. The van der Waals surface area contributed by atoms with E-state index in [1.165, 1.54) is 64.2 Å². The molecule has 1 aliphatic rings. The van der Waals surface area contributed by atoms with Crippen LogP contribution in [0.5, 0.6) is 0 Å². The van der Waals surface area contributed by atoms with E-state index in [2.05, 4.69) is 27.7 Å². The van der Waals surface area contributed by atoms with Crippen molar-refractivity contribution in [1.29, 1.82) is 0 Å². The molecular weight excluding hydrogens is 216 g/mol. The zero-order chi connectivity index (χ0) is 13.4. The Labute approximate surface area is 116 Å². The Morgan fingerprint density at radius 2 is 1.44 bits per heavy atom. The molecule has 108 valence electrons. The molecule has 0 spiro atoms.